The number of carboxylic acid groups (broad SMARTS) is 1. The molecular formula is C8H10N2O5S. The molecule has 16 heavy (non-hydrogen) atoms. The van der Waals surface area contributed by atoms with Crippen molar-refractivity contribution in [3.05, 3.63) is 32.6 Å². The number of aromatic carboxylic acids is 1. The molecule has 1 heterocycles. The molecule has 0 saturated heterocycles. The number of hydrogen-bond donors (Lipinski definition) is 2. The van der Waals surface area contributed by atoms with Crippen LogP contribution in [-0.4, -0.2) is 36.8 Å². The highest BCUT2D eigenvalue weighted by atomic mass is 32.2. The van der Waals surface area contributed by atoms with E-state index in [9.17, 15) is 18.6 Å². The molecule has 88 valence electrons. The second-order valence-electron chi connectivity index (χ2n) is 3.08. The van der Waals surface area contributed by atoms with Crippen molar-refractivity contribution in [2.45, 2.75) is 6.54 Å². The van der Waals surface area contributed by atoms with Crippen molar-refractivity contribution >= 4 is 16.8 Å². The third-order valence-electron chi connectivity index (χ3n) is 1.86. The average Bonchev–Trinajstić information content (AvgIpc) is 2.15. The van der Waals surface area contributed by atoms with Crippen LogP contribution < -0.4 is 11.2 Å². The topological polar surface area (TPSA) is 109 Å². The van der Waals surface area contributed by atoms with Gasteiger partial charge in [0.25, 0.3) is 5.56 Å². The predicted octanol–water partition coefficient (Wildman–Crippen LogP) is -1.39. The second kappa shape index (κ2) is 4.88. The van der Waals surface area contributed by atoms with E-state index in [-0.39, 0.29) is 12.3 Å². The molecule has 1 rings (SSSR count). The summed E-state index contributed by atoms with van der Waals surface area (Å²) in [5.41, 5.74) is -2.16. The molecule has 0 spiro atoms. The molecule has 2 N–H and O–H groups in total. The van der Waals surface area contributed by atoms with Crippen molar-refractivity contribution in [3.8, 4) is 0 Å². The standard InChI is InChI=1S/C8H10N2O5S/c1-16(15)3-2-10-4-5(7(12)13)6(11)9-8(10)14/h4H,2-3H2,1H3,(H,12,13)(H,9,11,14). The van der Waals surface area contributed by atoms with E-state index in [1.807, 2.05) is 4.98 Å². The number of aromatic nitrogens is 2. The van der Waals surface area contributed by atoms with Crippen LogP contribution in [0, 0.1) is 0 Å². The normalized spacial score (nSPS) is 12.3. The summed E-state index contributed by atoms with van der Waals surface area (Å²) in [4.78, 5) is 34.8. The molecular weight excluding hydrogens is 236 g/mol. The van der Waals surface area contributed by atoms with Gasteiger partial charge in [-0.25, -0.2) is 9.59 Å². The predicted molar refractivity (Wildman–Crippen MR) is 57.2 cm³/mol. The van der Waals surface area contributed by atoms with E-state index in [0.717, 1.165) is 10.8 Å². The number of nitrogens with zero attached hydrogens (tertiary/aromatic N) is 1. The molecule has 0 radical (unpaired) electrons. The van der Waals surface area contributed by atoms with Gasteiger partial charge in [-0.1, -0.05) is 0 Å². The van der Waals surface area contributed by atoms with E-state index in [0.29, 0.717) is 0 Å². The van der Waals surface area contributed by atoms with Crippen molar-refractivity contribution in [2.75, 3.05) is 12.0 Å². The van der Waals surface area contributed by atoms with Gasteiger partial charge in [-0.05, 0) is 0 Å². The molecule has 0 aliphatic carbocycles. The van der Waals surface area contributed by atoms with Gasteiger partial charge in [0.05, 0.1) is 0 Å². The van der Waals surface area contributed by atoms with Crippen molar-refractivity contribution in [1.29, 1.82) is 0 Å². The summed E-state index contributed by atoms with van der Waals surface area (Å²) in [6.07, 6.45) is 2.42. The van der Waals surface area contributed by atoms with Gasteiger partial charge in [0.2, 0.25) is 0 Å². The molecule has 0 saturated carbocycles. The van der Waals surface area contributed by atoms with Crippen LogP contribution in [-0.2, 0) is 17.3 Å². The third kappa shape index (κ3) is 2.89. The molecule has 1 aromatic heterocycles. The number of nitrogens with one attached hydrogen (secondary N) is 1. The fraction of sp³-hybridized carbons (Fsp3) is 0.375. The van der Waals surface area contributed by atoms with Crippen molar-refractivity contribution in [3.63, 3.8) is 0 Å². The number of rotatable bonds is 4. The highest BCUT2D eigenvalue weighted by Gasteiger charge is 2.11. The first kappa shape index (κ1) is 12.4. The molecule has 1 atom stereocenters. The smallest absolute Gasteiger partial charge is 0.342 e. The Hall–Kier alpha value is -1.70. The maximum absolute atomic E-state index is 11.2. The second-order valence-corrected chi connectivity index (χ2v) is 4.63. The van der Waals surface area contributed by atoms with E-state index >= 15 is 0 Å². The maximum atomic E-state index is 11.2. The Morgan fingerprint density at radius 1 is 1.56 bits per heavy atom. The van der Waals surface area contributed by atoms with E-state index in [4.69, 9.17) is 5.11 Å². The van der Waals surface area contributed by atoms with Crippen LogP contribution in [0.25, 0.3) is 0 Å². The number of carbonyl (C=O) groups is 1. The van der Waals surface area contributed by atoms with Crippen LogP contribution in [0.3, 0.4) is 0 Å². The van der Waals surface area contributed by atoms with Gasteiger partial charge < -0.3 is 5.11 Å². The van der Waals surface area contributed by atoms with E-state index < -0.39 is 33.6 Å². The van der Waals surface area contributed by atoms with Crippen molar-refractivity contribution < 1.29 is 14.1 Å². The van der Waals surface area contributed by atoms with Crippen LogP contribution in [0.1, 0.15) is 10.4 Å². The molecule has 1 unspecified atom stereocenters. The lowest BCUT2D eigenvalue weighted by Gasteiger charge is -2.03. The minimum atomic E-state index is -1.41. The Morgan fingerprint density at radius 3 is 2.69 bits per heavy atom. The lowest BCUT2D eigenvalue weighted by atomic mass is 10.3. The van der Waals surface area contributed by atoms with E-state index in [1.54, 1.807) is 0 Å². The number of H-pyrrole nitrogens is 1. The lowest BCUT2D eigenvalue weighted by molar-refractivity contribution is 0.0693. The van der Waals surface area contributed by atoms with Crippen molar-refractivity contribution in [1.82, 2.24) is 9.55 Å². The zero-order chi connectivity index (χ0) is 12.3. The maximum Gasteiger partial charge on any atom is 0.342 e. The zero-order valence-electron chi connectivity index (χ0n) is 8.43. The van der Waals surface area contributed by atoms with Gasteiger partial charge in [0.1, 0.15) is 5.56 Å². The Balaban J connectivity index is 3.15. The summed E-state index contributed by atoms with van der Waals surface area (Å²) in [6.45, 7) is 0.0962. The fourth-order valence-corrected chi connectivity index (χ4v) is 1.51. The highest BCUT2D eigenvalue weighted by molar-refractivity contribution is 7.84. The highest BCUT2D eigenvalue weighted by Crippen LogP contribution is 1.89. The Kier molecular flexibility index (Phi) is 3.78. The molecule has 0 bridgehead atoms. The summed E-state index contributed by atoms with van der Waals surface area (Å²) >= 11 is 0. The van der Waals surface area contributed by atoms with Crippen LogP contribution in [0.15, 0.2) is 15.8 Å². The molecule has 0 amide bonds. The summed E-state index contributed by atoms with van der Waals surface area (Å²) in [6, 6.07) is 0. The summed E-state index contributed by atoms with van der Waals surface area (Å²) in [5.74, 6) is -1.20. The van der Waals surface area contributed by atoms with E-state index in [1.165, 1.54) is 6.26 Å². The Labute approximate surface area is 92.2 Å². The molecule has 0 aliphatic heterocycles. The van der Waals surface area contributed by atoms with Gasteiger partial charge in [-0.2, -0.15) is 0 Å². The SMILES string of the molecule is CS(=O)CCn1cc(C(=O)O)c(=O)[nH]c1=O. The molecule has 1 aromatic rings. The van der Waals surface area contributed by atoms with Gasteiger partial charge >= 0.3 is 11.7 Å². The van der Waals surface area contributed by atoms with Gasteiger partial charge in [0, 0.05) is 35.5 Å². The third-order valence-corrected chi connectivity index (χ3v) is 2.62. The molecule has 8 heteroatoms. The molecule has 0 aliphatic rings. The zero-order valence-corrected chi connectivity index (χ0v) is 9.24. The largest absolute Gasteiger partial charge is 0.477 e. The minimum absolute atomic E-state index is 0.0962. The lowest BCUT2D eigenvalue weighted by Crippen LogP contribution is -2.34. The van der Waals surface area contributed by atoms with Gasteiger partial charge in [-0.3, -0.25) is 18.6 Å². The van der Waals surface area contributed by atoms with Gasteiger partial charge in [0.15, 0.2) is 0 Å². The van der Waals surface area contributed by atoms with Crippen LogP contribution in [0.4, 0.5) is 0 Å². The van der Waals surface area contributed by atoms with Crippen LogP contribution >= 0.6 is 0 Å². The minimum Gasteiger partial charge on any atom is -0.477 e. The average molecular weight is 246 g/mol. The Morgan fingerprint density at radius 2 is 2.19 bits per heavy atom. The monoisotopic (exact) mass is 246 g/mol. The van der Waals surface area contributed by atoms with Gasteiger partial charge in [-0.15, -0.1) is 0 Å². The van der Waals surface area contributed by atoms with Crippen molar-refractivity contribution in [2.24, 2.45) is 0 Å². The van der Waals surface area contributed by atoms with E-state index in [2.05, 4.69) is 0 Å². The van der Waals surface area contributed by atoms with Crippen LogP contribution in [0.2, 0.25) is 0 Å². The number of aryl methyl sites for hydroxylation is 1. The summed E-state index contributed by atoms with van der Waals surface area (Å²) < 4.78 is 11.8. The first-order valence-corrected chi connectivity index (χ1v) is 6.01. The first-order valence-electron chi connectivity index (χ1n) is 4.29. The molecule has 7 nitrogen and oxygen atoms in total. The fourth-order valence-electron chi connectivity index (χ4n) is 1.05. The molecule has 0 fully saturated rings. The molecule has 0 aromatic carbocycles. The summed E-state index contributed by atoms with van der Waals surface area (Å²) in [7, 11) is -1.10. The number of aromatic amines is 1. The quantitative estimate of drug-likeness (QED) is 0.680. The van der Waals surface area contributed by atoms with Crippen LogP contribution in [0.5, 0.6) is 0 Å². The number of hydrogen-bond acceptors (Lipinski definition) is 4. The summed E-state index contributed by atoms with van der Waals surface area (Å²) in [5, 5.41) is 8.66. The first-order chi connectivity index (χ1) is 7.41. The Bertz CT molecular complexity index is 544. The number of carboxylic acids is 1.